The highest BCUT2D eigenvalue weighted by atomic mass is 35.5. The second-order valence-corrected chi connectivity index (χ2v) is 4.49. The molecule has 0 saturated heterocycles. The Morgan fingerprint density at radius 1 is 0.944 bits per heavy atom. The third-order valence-corrected chi connectivity index (χ3v) is 3.06. The number of halogens is 2. The van der Waals surface area contributed by atoms with Crippen LogP contribution in [0.25, 0.3) is 11.1 Å². The van der Waals surface area contributed by atoms with Crippen LogP contribution in [0, 0.1) is 0 Å². The minimum Gasteiger partial charge on any atom is -0.505 e. The van der Waals surface area contributed by atoms with Crippen molar-refractivity contribution < 1.29 is 15.0 Å². The standard InChI is InChI=1S/C13H8Cl2O3/c14-10-5-9(6-11(15)12(10)16)7-1-3-8(4-2-7)13(17)18/h1-6,16H,(H,17,18). The normalized spacial score (nSPS) is 10.3. The predicted octanol–water partition coefficient (Wildman–Crippen LogP) is 4.06. The van der Waals surface area contributed by atoms with Gasteiger partial charge in [-0.1, -0.05) is 35.3 Å². The number of aromatic carboxylic acids is 1. The third kappa shape index (κ3) is 2.42. The number of phenols is 1. The van der Waals surface area contributed by atoms with E-state index in [0.29, 0.717) is 5.56 Å². The minimum atomic E-state index is -0.983. The van der Waals surface area contributed by atoms with Gasteiger partial charge in [0.1, 0.15) is 0 Å². The quantitative estimate of drug-likeness (QED) is 0.873. The maximum absolute atomic E-state index is 10.7. The van der Waals surface area contributed by atoms with E-state index < -0.39 is 5.97 Å². The lowest BCUT2D eigenvalue weighted by atomic mass is 10.0. The van der Waals surface area contributed by atoms with Gasteiger partial charge in [-0.25, -0.2) is 4.79 Å². The first-order chi connectivity index (χ1) is 8.49. The van der Waals surface area contributed by atoms with E-state index >= 15 is 0 Å². The second kappa shape index (κ2) is 4.88. The Bertz CT molecular complexity index is 583. The molecule has 0 saturated carbocycles. The topological polar surface area (TPSA) is 57.5 Å². The summed E-state index contributed by atoms with van der Waals surface area (Å²) in [6, 6.07) is 9.43. The Morgan fingerprint density at radius 3 is 1.89 bits per heavy atom. The van der Waals surface area contributed by atoms with Crippen LogP contribution in [0.5, 0.6) is 5.75 Å². The molecule has 2 N–H and O–H groups in total. The Labute approximate surface area is 113 Å². The first-order valence-corrected chi connectivity index (χ1v) is 5.76. The van der Waals surface area contributed by atoms with Crippen molar-refractivity contribution in [3.8, 4) is 16.9 Å². The van der Waals surface area contributed by atoms with Crippen LogP contribution < -0.4 is 0 Å². The number of carboxylic acids is 1. The van der Waals surface area contributed by atoms with E-state index in [-0.39, 0.29) is 21.4 Å². The number of phenolic OH excluding ortho intramolecular Hbond substituents is 1. The zero-order valence-electron chi connectivity index (χ0n) is 9.02. The summed E-state index contributed by atoms with van der Waals surface area (Å²) in [6.07, 6.45) is 0. The van der Waals surface area contributed by atoms with Crippen molar-refractivity contribution in [1.82, 2.24) is 0 Å². The number of carbonyl (C=O) groups is 1. The Hall–Kier alpha value is -1.71. The van der Waals surface area contributed by atoms with Crippen molar-refractivity contribution in [2.45, 2.75) is 0 Å². The van der Waals surface area contributed by atoms with Crippen molar-refractivity contribution in [3.05, 3.63) is 52.0 Å². The summed E-state index contributed by atoms with van der Waals surface area (Å²) in [6.45, 7) is 0. The molecule has 0 unspecified atom stereocenters. The van der Waals surface area contributed by atoms with Crippen LogP contribution in [0.2, 0.25) is 10.0 Å². The maximum atomic E-state index is 10.7. The smallest absolute Gasteiger partial charge is 0.335 e. The lowest BCUT2D eigenvalue weighted by Crippen LogP contribution is -1.94. The van der Waals surface area contributed by atoms with Gasteiger partial charge in [0.2, 0.25) is 0 Å². The highest BCUT2D eigenvalue weighted by molar-refractivity contribution is 6.37. The van der Waals surface area contributed by atoms with Gasteiger partial charge in [-0.3, -0.25) is 0 Å². The van der Waals surface area contributed by atoms with Crippen LogP contribution >= 0.6 is 23.2 Å². The summed E-state index contributed by atoms with van der Waals surface area (Å²) in [7, 11) is 0. The van der Waals surface area contributed by atoms with Gasteiger partial charge in [0.15, 0.2) is 5.75 Å². The Kier molecular flexibility index (Phi) is 3.45. The molecule has 2 aromatic carbocycles. The van der Waals surface area contributed by atoms with Crippen molar-refractivity contribution >= 4 is 29.2 Å². The van der Waals surface area contributed by atoms with Crippen molar-refractivity contribution in [1.29, 1.82) is 0 Å². The molecular weight excluding hydrogens is 275 g/mol. The van der Waals surface area contributed by atoms with Crippen LogP contribution in [0.1, 0.15) is 10.4 Å². The molecule has 5 heteroatoms. The van der Waals surface area contributed by atoms with E-state index in [9.17, 15) is 9.90 Å². The van der Waals surface area contributed by atoms with Crippen LogP contribution in [0.3, 0.4) is 0 Å². The van der Waals surface area contributed by atoms with E-state index in [1.807, 2.05) is 0 Å². The fraction of sp³-hybridized carbons (Fsp3) is 0. The first-order valence-electron chi connectivity index (χ1n) is 5.01. The summed E-state index contributed by atoms with van der Waals surface area (Å²) in [5.74, 6) is -1.15. The largest absolute Gasteiger partial charge is 0.505 e. The molecule has 2 rings (SSSR count). The molecule has 0 aromatic heterocycles. The molecule has 0 spiro atoms. The number of benzene rings is 2. The summed E-state index contributed by atoms with van der Waals surface area (Å²) >= 11 is 11.6. The monoisotopic (exact) mass is 282 g/mol. The van der Waals surface area contributed by atoms with E-state index in [2.05, 4.69) is 0 Å². The highest BCUT2D eigenvalue weighted by Crippen LogP contribution is 2.36. The predicted molar refractivity (Wildman–Crippen MR) is 70.5 cm³/mol. The highest BCUT2D eigenvalue weighted by Gasteiger charge is 2.09. The molecule has 0 radical (unpaired) electrons. The fourth-order valence-electron chi connectivity index (χ4n) is 1.54. The second-order valence-electron chi connectivity index (χ2n) is 3.67. The molecule has 0 bridgehead atoms. The molecular formula is C13H8Cl2O3. The Morgan fingerprint density at radius 2 is 1.44 bits per heavy atom. The van der Waals surface area contributed by atoms with Crippen LogP contribution in [-0.4, -0.2) is 16.2 Å². The van der Waals surface area contributed by atoms with Gasteiger partial charge >= 0.3 is 5.97 Å². The average Bonchev–Trinajstić information content (AvgIpc) is 2.35. The molecule has 18 heavy (non-hydrogen) atoms. The maximum Gasteiger partial charge on any atom is 0.335 e. The molecule has 2 aromatic rings. The van der Waals surface area contributed by atoms with Gasteiger partial charge in [-0.15, -0.1) is 0 Å². The van der Waals surface area contributed by atoms with Gasteiger partial charge in [-0.2, -0.15) is 0 Å². The van der Waals surface area contributed by atoms with Gasteiger partial charge < -0.3 is 10.2 Å². The molecule has 0 aliphatic rings. The van der Waals surface area contributed by atoms with Crippen molar-refractivity contribution in [2.75, 3.05) is 0 Å². The zero-order valence-corrected chi connectivity index (χ0v) is 10.5. The summed E-state index contributed by atoms with van der Waals surface area (Å²) < 4.78 is 0. The summed E-state index contributed by atoms with van der Waals surface area (Å²) in [5, 5.41) is 18.6. The number of rotatable bonds is 2. The van der Waals surface area contributed by atoms with Gasteiger partial charge in [-0.05, 0) is 35.4 Å². The lowest BCUT2D eigenvalue weighted by molar-refractivity contribution is 0.0697. The molecule has 92 valence electrons. The van der Waals surface area contributed by atoms with E-state index in [0.717, 1.165) is 5.56 Å². The first kappa shape index (κ1) is 12.7. The lowest BCUT2D eigenvalue weighted by Gasteiger charge is -2.06. The fourth-order valence-corrected chi connectivity index (χ4v) is 2.02. The van der Waals surface area contributed by atoms with Crippen LogP contribution in [-0.2, 0) is 0 Å². The molecule has 0 aliphatic carbocycles. The summed E-state index contributed by atoms with van der Waals surface area (Å²) in [5.41, 5.74) is 1.68. The minimum absolute atomic E-state index is 0.153. The SMILES string of the molecule is O=C(O)c1ccc(-c2cc(Cl)c(O)c(Cl)c2)cc1. The van der Waals surface area contributed by atoms with Crippen molar-refractivity contribution in [3.63, 3.8) is 0 Å². The van der Waals surface area contributed by atoms with Crippen molar-refractivity contribution in [2.24, 2.45) is 0 Å². The molecule has 0 amide bonds. The number of hydrogen-bond donors (Lipinski definition) is 2. The van der Waals surface area contributed by atoms with Gasteiger partial charge in [0, 0.05) is 0 Å². The summed E-state index contributed by atoms with van der Waals surface area (Å²) in [4.78, 5) is 10.7. The third-order valence-electron chi connectivity index (χ3n) is 2.48. The number of hydrogen-bond acceptors (Lipinski definition) is 2. The molecule has 3 nitrogen and oxygen atoms in total. The molecule has 0 heterocycles. The van der Waals surface area contributed by atoms with Crippen LogP contribution in [0.4, 0.5) is 0 Å². The average molecular weight is 283 g/mol. The molecule has 0 atom stereocenters. The van der Waals surface area contributed by atoms with Crippen LogP contribution in [0.15, 0.2) is 36.4 Å². The van der Waals surface area contributed by atoms with E-state index in [4.69, 9.17) is 28.3 Å². The Balaban J connectivity index is 2.46. The number of carboxylic acid groups (broad SMARTS) is 1. The molecule has 0 aliphatic heterocycles. The zero-order chi connectivity index (χ0) is 13.3. The number of aromatic hydroxyl groups is 1. The van der Waals surface area contributed by atoms with E-state index in [1.165, 1.54) is 12.1 Å². The van der Waals surface area contributed by atoms with E-state index in [1.54, 1.807) is 24.3 Å². The van der Waals surface area contributed by atoms with Gasteiger partial charge in [0.25, 0.3) is 0 Å². The van der Waals surface area contributed by atoms with Gasteiger partial charge in [0.05, 0.1) is 15.6 Å². The molecule has 0 fully saturated rings.